The van der Waals surface area contributed by atoms with Gasteiger partial charge in [0.2, 0.25) is 0 Å². The zero-order valence-corrected chi connectivity index (χ0v) is 18.7. The molecular formula is C24H23FN4O2S. The molecule has 1 N–H and O–H groups in total. The van der Waals surface area contributed by atoms with Gasteiger partial charge >= 0.3 is 0 Å². The van der Waals surface area contributed by atoms with E-state index < -0.39 is 15.8 Å². The minimum Gasteiger partial charge on any atom is -0.367 e. The van der Waals surface area contributed by atoms with E-state index >= 15 is 0 Å². The Morgan fingerprint density at radius 1 is 1.03 bits per heavy atom. The summed E-state index contributed by atoms with van der Waals surface area (Å²) < 4.78 is 42.9. The molecule has 0 aliphatic heterocycles. The number of benzene rings is 2. The third-order valence-electron chi connectivity index (χ3n) is 5.91. The van der Waals surface area contributed by atoms with Crippen LogP contribution in [0.4, 0.5) is 10.2 Å². The van der Waals surface area contributed by atoms with Gasteiger partial charge in [-0.25, -0.2) is 26.7 Å². The molecule has 2 aromatic carbocycles. The second-order valence-electron chi connectivity index (χ2n) is 8.25. The van der Waals surface area contributed by atoms with E-state index in [1.165, 1.54) is 10.0 Å². The van der Waals surface area contributed by atoms with Gasteiger partial charge in [-0.2, -0.15) is 0 Å². The molecule has 5 rings (SSSR count). The van der Waals surface area contributed by atoms with Crippen LogP contribution in [0.15, 0.2) is 59.5 Å². The Labute approximate surface area is 186 Å². The molecule has 1 fully saturated rings. The van der Waals surface area contributed by atoms with Crippen LogP contribution in [0, 0.1) is 19.7 Å². The first-order chi connectivity index (χ1) is 15.3. The summed E-state index contributed by atoms with van der Waals surface area (Å²) >= 11 is 0. The number of rotatable bonds is 5. The van der Waals surface area contributed by atoms with Gasteiger partial charge in [-0.15, -0.1) is 0 Å². The van der Waals surface area contributed by atoms with Crippen LogP contribution in [0.2, 0.25) is 0 Å². The molecule has 0 spiro atoms. The number of anilines is 1. The van der Waals surface area contributed by atoms with Gasteiger partial charge in [-0.3, -0.25) is 0 Å². The molecule has 1 aliphatic carbocycles. The van der Waals surface area contributed by atoms with Crippen LogP contribution in [-0.2, 0) is 10.0 Å². The van der Waals surface area contributed by atoms with Crippen molar-refractivity contribution in [2.24, 2.45) is 0 Å². The van der Waals surface area contributed by atoms with Crippen molar-refractivity contribution in [3.05, 3.63) is 71.7 Å². The zero-order valence-electron chi connectivity index (χ0n) is 17.8. The van der Waals surface area contributed by atoms with Crippen LogP contribution in [0.1, 0.15) is 30.5 Å². The number of aromatic nitrogens is 3. The highest BCUT2D eigenvalue weighted by Gasteiger charge is 2.27. The highest BCUT2D eigenvalue weighted by Crippen LogP contribution is 2.33. The Morgan fingerprint density at radius 2 is 1.75 bits per heavy atom. The summed E-state index contributed by atoms with van der Waals surface area (Å²) in [7, 11) is -3.91. The molecule has 0 bridgehead atoms. The Morgan fingerprint density at radius 3 is 2.41 bits per heavy atom. The first-order valence-electron chi connectivity index (χ1n) is 10.6. The maximum absolute atomic E-state index is 14.6. The smallest absolute Gasteiger partial charge is 0.269 e. The summed E-state index contributed by atoms with van der Waals surface area (Å²) in [5.74, 6) is 0.215. The number of nitrogens with one attached hydrogen (secondary N) is 1. The number of fused-ring (bicyclic) bond motifs is 1. The lowest BCUT2D eigenvalue weighted by Crippen LogP contribution is -2.27. The maximum atomic E-state index is 14.6. The minimum absolute atomic E-state index is 0.149. The fourth-order valence-corrected chi connectivity index (χ4v) is 5.41. The van der Waals surface area contributed by atoms with E-state index in [0.29, 0.717) is 16.9 Å². The number of aryl methyl sites for hydroxylation is 2. The SMILES string of the molecule is Cc1ccc(S(=O)(=O)n2c(C)cc3c(NC4CCC4)nc(-c4ccccc4F)nc32)cc1. The van der Waals surface area contributed by atoms with Gasteiger partial charge < -0.3 is 5.32 Å². The second kappa shape index (κ2) is 7.70. The van der Waals surface area contributed by atoms with Gasteiger partial charge in [0.25, 0.3) is 10.0 Å². The third-order valence-corrected chi connectivity index (χ3v) is 7.72. The summed E-state index contributed by atoms with van der Waals surface area (Å²) in [4.78, 5) is 9.31. The number of halogens is 1. The predicted octanol–water partition coefficient (Wildman–Crippen LogP) is 5.06. The third kappa shape index (κ3) is 3.44. The van der Waals surface area contributed by atoms with Crippen LogP contribution >= 0.6 is 0 Å². The Bertz CT molecular complexity index is 1420. The molecule has 6 nitrogen and oxygen atoms in total. The van der Waals surface area contributed by atoms with Gasteiger partial charge in [0, 0.05) is 11.7 Å². The van der Waals surface area contributed by atoms with Crippen molar-refractivity contribution < 1.29 is 12.8 Å². The van der Waals surface area contributed by atoms with Crippen molar-refractivity contribution in [3.8, 4) is 11.4 Å². The predicted molar refractivity (Wildman–Crippen MR) is 123 cm³/mol. The molecule has 164 valence electrons. The Hall–Kier alpha value is -3.26. The summed E-state index contributed by atoms with van der Waals surface area (Å²) in [6.45, 7) is 3.63. The lowest BCUT2D eigenvalue weighted by molar-refractivity contribution is 0.445. The van der Waals surface area contributed by atoms with Gasteiger partial charge in [-0.05, 0) is 63.4 Å². The van der Waals surface area contributed by atoms with Crippen molar-refractivity contribution in [3.63, 3.8) is 0 Å². The van der Waals surface area contributed by atoms with E-state index in [-0.39, 0.29) is 28.0 Å². The fourth-order valence-electron chi connectivity index (χ4n) is 3.92. The average Bonchev–Trinajstić information content (AvgIpc) is 3.08. The topological polar surface area (TPSA) is 76.9 Å². The minimum atomic E-state index is -3.91. The first-order valence-corrected chi connectivity index (χ1v) is 12.0. The van der Waals surface area contributed by atoms with Gasteiger partial charge in [0.05, 0.1) is 15.8 Å². The highest BCUT2D eigenvalue weighted by atomic mass is 32.2. The molecule has 1 saturated carbocycles. The fraction of sp³-hybridized carbons (Fsp3) is 0.250. The molecule has 2 heterocycles. The summed E-state index contributed by atoms with van der Waals surface area (Å²) in [6.07, 6.45) is 3.16. The number of nitrogens with zero attached hydrogens (tertiary/aromatic N) is 3. The maximum Gasteiger partial charge on any atom is 0.269 e. The van der Waals surface area contributed by atoms with Crippen molar-refractivity contribution in [1.82, 2.24) is 13.9 Å². The number of hydrogen-bond donors (Lipinski definition) is 1. The zero-order chi connectivity index (χ0) is 22.5. The molecule has 2 aromatic heterocycles. The molecule has 0 unspecified atom stereocenters. The van der Waals surface area contributed by atoms with E-state index in [1.54, 1.807) is 55.5 Å². The largest absolute Gasteiger partial charge is 0.367 e. The normalized spacial score (nSPS) is 14.5. The van der Waals surface area contributed by atoms with E-state index in [1.807, 2.05) is 6.92 Å². The molecule has 0 amide bonds. The average molecular weight is 451 g/mol. The molecule has 8 heteroatoms. The van der Waals surface area contributed by atoms with E-state index in [0.717, 1.165) is 24.8 Å². The molecule has 32 heavy (non-hydrogen) atoms. The molecule has 1 aliphatic rings. The van der Waals surface area contributed by atoms with Crippen LogP contribution < -0.4 is 5.32 Å². The molecule has 0 atom stereocenters. The van der Waals surface area contributed by atoms with Crippen molar-refractivity contribution in [2.45, 2.75) is 44.0 Å². The van der Waals surface area contributed by atoms with Gasteiger partial charge in [-0.1, -0.05) is 29.8 Å². The van der Waals surface area contributed by atoms with Crippen LogP contribution in [-0.4, -0.2) is 28.4 Å². The molecular weight excluding hydrogens is 427 g/mol. The molecule has 0 radical (unpaired) electrons. The molecule has 4 aromatic rings. The van der Waals surface area contributed by atoms with Crippen LogP contribution in [0.3, 0.4) is 0 Å². The first kappa shape index (κ1) is 20.6. The standard InChI is InChI=1S/C24H23FN4O2S/c1-15-10-12-18(13-11-15)32(30,31)29-16(2)14-20-23(26-17-6-5-7-17)27-22(28-24(20)29)19-8-3-4-9-21(19)25/h3-4,8-14,17H,5-7H2,1-2H3,(H,26,27,28). The van der Waals surface area contributed by atoms with Crippen LogP contribution in [0.5, 0.6) is 0 Å². The van der Waals surface area contributed by atoms with Gasteiger partial charge in [0.1, 0.15) is 11.6 Å². The van der Waals surface area contributed by atoms with Crippen molar-refractivity contribution in [2.75, 3.05) is 5.32 Å². The van der Waals surface area contributed by atoms with E-state index in [9.17, 15) is 12.8 Å². The lowest BCUT2D eigenvalue weighted by Gasteiger charge is -2.27. The monoisotopic (exact) mass is 450 g/mol. The summed E-state index contributed by atoms with van der Waals surface area (Å²) in [6, 6.07) is 15.0. The lowest BCUT2D eigenvalue weighted by atomic mass is 9.93. The van der Waals surface area contributed by atoms with Crippen molar-refractivity contribution >= 4 is 26.9 Å². The van der Waals surface area contributed by atoms with E-state index in [2.05, 4.69) is 15.3 Å². The Kier molecular flexibility index (Phi) is 4.97. The van der Waals surface area contributed by atoms with E-state index in [4.69, 9.17) is 0 Å². The van der Waals surface area contributed by atoms with Gasteiger partial charge in [0.15, 0.2) is 11.5 Å². The quantitative estimate of drug-likeness (QED) is 0.460. The molecule has 0 saturated heterocycles. The Balaban J connectivity index is 1.76. The number of hydrogen-bond acceptors (Lipinski definition) is 5. The summed E-state index contributed by atoms with van der Waals surface area (Å²) in [5.41, 5.74) is 1.94. The highest BCUT2D eigenvalue weighted by molar-refractivity contribution is 7.90. The van der Waals surface area contributed by atoms with Crippen LogP contribution in [0.25, 0.3) is 22.4 Å². The second-order valence-corrected chi connectivity index (χ2v) is 10.0. The summed E-state index contributed by atoms with van der Waals surface area (Å²) in [5, 5.41) is 4.01. The van der Waals surface area contributed by atoms with Crippen molar-refractivity contribution in [1.29, 1.82) is 0 Å².